The lowest BCUT2D eigenvalue weighted by molar-refractivity contribution is 0.0948. The Morgan fingerprint density at radius 1 is 1.20 bits per heavy atom. The molecule has 0 aliphatic carbocycles. The maximum absolute atomic E-state index is 12.3. The highest BCUT2D eigenvalue weighted by atomic mass is 32.1. The number of methoxy groups -OCH3 is 1. The Morgan fingerprint density at radius 3 is 2.73 bits per heavy atom. The number of benzene rings is 1. The molecule has 1 aliphatic heterocycles. The van der Waals surface area contributed by atoms with E-state index < -0.39 is 0 Å². The topological polar surface area (TPSA) is 96.5 Å². The molecule has 1 aromatic carbocycles. The minimum absolute atomic E-state index is 0.104. The summed E-state index contributed by atoms with van der Waals surface area (Å²) >= 11 is 1.19. The van der Waals surface area contributed by atoms with Gasteiger partial charge in [-0.15, -0.1) is 10.2 Å². The molecule has 0 saturated carbocycles. The van der Waals surface area contributed by atoms with Crippen molar-refractivity contribution >= 4 is 28.8 Å². The van der Waals surface area contributed by atoms with Crippen molar-refractivity contribution in [2.24, 2.45) is 0 Å². The minimum atomic E-state index is -0.334. The van der Waals surface area contributed by atoms with Gasteiger partial charge in [0.15, 0.2) is 0 Å². The van der Waals surface area contributed by atoms with Gasteiger partial charge in [0.1, 0.15) is 5.01 Å². The molecular formula is C21H29N5O3S. The third kappa shape index (κ3) is 6.32. The molecule has 0 bridgehead atoms. The Kier molecular flexibility index (Phi) is 8.30. The van der Waals surface area contributed by atoms with Crippen LogP contribution in [0.1, 0.15) is 57.8 Å². The first-order valence-electron chi connectivity index (χ1n) is 10.3. The standard InChI is InChI=1S/C21H29N5O3S/c1-15-6-3-4-12-26(15)13-5-11-22-19(27)16-7-9-17(10-8-16)23-20(28)21-25-24-18(30-21)14-29-2/h7-10,15H,3-6,11-14H2,1-2H3,(H,22,27)(H,23,28)/t15-/m0/s1. The summed E-state index contributed by atoms with van der Waals surface area (Å²) in [5.41, 5.74) is 1.16. The first-order valence-corrected chi connectivity index (χ1v) is 11.1. The molecule has 3 rings (SSSR count). The van der Waals surface area contributed by atoms with Gasteiger partial charge in [-0.25, -0.2) is 0 Å². The molecule has 30 heavy (non-hydrogen) atoms. The van der Waals surface area contributed by atoms with Gasteiger partial charge in [0.25, 0.3) is 11.8 Å². The van der Waals surface area contributed by atoms with E-state index in [1.54, 1.807) is 31.4 Å². The fraction of sp³-hybridized carbons (Fsp3) is 0.524. The molecule has 1 saturated heterocycles. The van der Waals surface area contributed by atoms with Crippen molar-refractivity contribution in [3.63, 3.8) is 0 Å². The third-order valence-electron chi connectivity index (χ3n) is 5.18. The van der Waals surface area contributed by atoms with Crippen LogP contribution in [0.5, 0.6) is 0 Å². The molecule has 1 fully saturated rings. The van der Waals surface area contributed by atoms with Gasteiger partial charge >= 0.3 is 0 Å². The van der Waals surface area contributed by atoms with Crippen LogP contribution in [0.15, 0.2) is 24.3 Å². The first kappa shape index (κ1) is 22.3. The van der Waals surface area contributed by atoms with E-state index >= 15 is 0 Å². The number of amides is 2. The summed E-state index contributed by atoms with van der Waals surface area (Å²) in [5.74, 6) is -0.438. The number of nitrogens with zero attached hydrogens (tertiary/aromatic N) is 3. The SMILES string of the molecule is COCc1nnc(C(=O)Nc2ccc(C(=O)NCCCN3CCCC[C@@H]3C)cc2)s1. The van der Waals surface area contributed by atoms with Crippen molar-refractivity contribution in [1.82, 2.24) is 20.4 Å². The molecule has 0 spiro atoms. The number of carbonyl (C=O) groups is 2. The van der Waals surface area contributed by atoms with Crippen LogP contribution in [-0.2, 0) is 11.3 Å². The fourth-order valence-corrected chi connectivity index (χ4v) is 4.20. The quantitative estimate of drug-likeness (QED) is 0.593. The lowest BCUT2D eigenvalue weighted by Gasteiger charge is -2.33. The molecule has 9 heteroatoms. The molecule has 0 radical (unpaired) electrons. The average Bonchev–Trinajstić information content (AvgIpc) is 3.22. The minimum Gasteiger partial charge on any atom is -0.377 e. The number of likely N-dealkylation sites (tertiary alicyclic amines) is 1. The second kappa shape index (κ2) is 11.1. The van der Waals surface area contributed by atoms with Gasteiger partial charge in [0.05, 0.1) is 6.61 Å². The normalized spacial score (nSPS) is 16.9. The molecule has 2 amide bonds. The molecule has 2 aromatic rings. The lowest BCUT2D eigenvalue weighted by atomic mass is 10.0. The summed E-state index contributed by atoms with van der Waals surface area (Å²) in [6, 6.07) is 7.46. The van der Waals surface area contributed by atoms with Gasteiger partial charge < -0.3 is 20.3 Å². The van der Waals surface area contributed by atoms with Crippen LogP contribution in [0, 0.1) is 0 Å². The zero-order valence-electron chi connectivity index (χ0n) is 17.5. The monoisotopic (exact) mass is 431 g/mol. The maximum Gasteiger partial charge on any atom is 0.286 e. The summed E-state index contributed by atoms with van der Waals surface area (Å²) in [6.07, 6.45) is 4.80. The second-order valence-electron chi connectivity index (χ2n) is 7.46. The molecule has 1 atom stereocenters. The van der Waals surface area contributed by atoms with E-state index in [-0.39, 0.29) is 16.8 Å². The zero-order valence-corrected chi connectivity index (χ0v) is 18.3. The Labute approximate surface area is 181 Å². The number of nitrogens with one attached hydrogen (secondary N) is 2. The molecule has 0 unspecified atom stereocenters. The molecule has 8 nitrogen and oxygen atoms in total. The number of carbonyl (C=O) groups excluding carboxylic acids is 2. The highest BCUT2D eigenvalue weighted by molar-refractivity contribution is 7.13. The van der Waals surface area contributed by atoms with Crippen LogP contribution in [0.2, 0.25) is 0 Å². The van der Waals surface area contributed by atoms with E-state index in [1.807, 2.05) is 0 Å². The van der Waals surface area contributed by atoms with E-state index in [4.69, 9.17) is 4.74 Å². The summed E-state index contributed by atoms with van der Waals surface area (Å²) in [7, 11) is 1.56. The van der Waals surface area contributed by atoms with E-state index in [1.165, 1.54) is 30.6 Å². The van der Waals surface area contributed by atoms with Crippen molar-refractivity contribution in [3.8, 4) is 0 Å². The van der Waals surface area contributed by atoms with Gasteiger partial charge in [0.2, 0.25) is 5.01 Å². The van der Waals surface area contributed by atoms with Crippen LogP contribution in [0.4, 0.5) is 5.69 Å². The number of ether oxygens (including phenoxy) is 1. The molecule has 1 aliphatic rings. The van der Waals surface area contributed by atoms with Gasteiger partial charge in [-0.2, -0.15) is 0 Å². The van der Waals surface area contributed by atoms with E-state index in [9.17, 15) is 9.59 Å². The van der Waals surface area contributed by atoms with Crippen LogP contribution < -0.4 is 10.6 Å². The Hall–Kier alpha value is -2.36. The number of hydrogen-bond acceptors (Lipinski definition) is 7. The predicted molar refractivity (Wildman–Crippen MR) is 117 cm³/mol. The van der Waals surface area contributed by atoms with Crippen LogP contribution in [-0.4, -0.2) is 59.7 Å². The highest BCUT2D eigenvalue weighted by Crippen LogP contribution is 2.17. The number of piperidine rings is 1. The number of anilines is 1. The zero-order chi connectivity index (χ0) is 21.3. The highest BCUT2D eigenvalue weighted by Gasteiger charge is 2.17. The average molecular weight is 432 g/mol. The summed E-state index contributed by atoms with van der Waals surface area (Å²) < 4.78 is 4.98. The Morgan fingerprint density at radius 2 is 2.00 bits per heavy atom. The van der Waals surface area contributed by atoms with E-state index in [0.29, 0.717) is 35.5 Å². The van der Waals surface area contributed by atoms with Gasteiger partial charge in [-0.1, -0.05) is 17.8 Å². The predicted octanol–water partition coefficient (Wildman–Crippen LogP) is 2.93. The van der Waals surface area contributed by atoms with Crippen LogP contribution in [0.3, 0.4) is 0 Å². The smallest absolute Gasteiger partial charge is 0.286 e. The van der Waals surface area contributed by atoms with Gasteiger partial charge in [-0.05, 0) is 57.0 Å². The number of rotatable bonds is 9. The van der Waals surface area contributed by atoms with Gasteiger partial charge in [0, 0.05) is 37.5 Å². The first-order chi connectivity index (χ1) is 14.6. The molecular weight excluding hydrogens is 402 g/mol. The third-order valence-corrected chi connectivity index (χ3v) is 6.08. The van der Waals surface area contributed by atoms with Crippen molar-refractivity contribution in [2.45, 2.75) is 45.3 Å². The van der Waals surface area contributed by atoms with Crippen molar-refractivity contribution < 1.29 is 14.3 Å². The number of aromatic nitrogens is 2. The van der Waals surface area contributed by atoms with Crippen molar-refractivity contribution in [3.05, 3.63) is 39.8 Å². The number of hydrogen-bond donors (Lipinski definition) is 2. The summed E-state index contributed by atoms with van der Waals surface area (Å²) in [6.45, 7) is 5.44. The second-order valence-corrected chi connectivity index (χ2v) is 8.52. The summed E-state index contributed by atoms with van der Waals surface area (Å²) in [4.78, 5) is 27.1. The molecule has 1 aromatic heterocycles. The Bertz CT molecular complexity index is 839. The molecule has 162 valence electrons. The van der Waals surface area contributed by atoms with E-state index in [2.05, 4.69) is 32.7 Å². The largest absolute Gasteiger partial charge is 0.377 e. The van der Waals surface area contributed by atoms with Crippen molar-refractivity contribution in [2.75, 3.05) is 32.1 Å². The summed E-state index contributed by atoms with van der Waals surface area (Å²) in [5, 5.41) is 14.4. The van der Waals surface area contributed by atoms with Gasteiger partial charge in [-0.3, -0.25) is 9.59 Å². The van der Waals surface area contributed by atoms with E-state index in [0.717, 1.165) is 19.5 Å². The lowest BCUT2D eigenvalue weighted by Crippen LogP contribution is -2.39. The fourth-order valence-electron chi connectivity index (χ4n) is 3.49. The maximum atomic E-state index is 12.3. The molecule has 2 heterocycles. The van der Waals surface area contributed by atoms with Crippen LogP contribution >= 0.6 is 11.3 Å². The van der Waals surface area contributed by atoms with Crippen LogP contribution in [0.25, 0.3) is 0 Å². The molecule has 2 N–H and O–H groups in total. The Balaban J connectivity index is 1.42. The van der Waals surface area contributed by atoms with Crippen molar-refractivity contribution in [1.29, 1.82) is 0 Å².